The molecule has 0 saturated carbocycles. The summed E-state index contributed by atoms with van der Waals surface area (Å²) in [5.41, 5.74) is 5.34. The van der Waals surface area contributed by atoms with Gasteiger partial charge in [-0.05, 0) is 55.8 Å². The zero-order valence-electron chi connectivity index (χ0n) is 24.0. The zero-order chi connectivity index (χ0) is 29.2. The van der Waals surface area contributed by atoms with E-state index in [1.54, 1.807) is 12.4 Å². The zero-order valence-corrected chi connectivity index (χ0v) is 27.2. The van der Waals surface area contributed by atoms with E-state index < -0.39 is 5.41 Å². The summed E-state index contributed by atoms with van der Waals surface area (Å²) >= 11 is 5.55. The van der Waals surface area contributed by atoms with Gasteiger partial charge in [-0.3, -0.25) is 9.97 Å². The van der Waals surface area contributed by atoms with Crippen molar-refractivity contribution in [2.24, 2.45) is 0 Å². The third-order valence-electron chi connectivity index (χ3n) is 6.86. The van der Waals surface area contributed by atoms with Crippen molar-refractivity contribution in [3.8, 4) is 11.3 Å². The van der Waals surface area contributed by atoms with Gasteiger partial charge in [0.15, 0.2) is 0 Å². The van der Waals surface area contributed by atoms with Gasteiger partial charge < -0.3 is 17.5 Å². The number of hydrogen-bond acceptors (Lipinski definition) is 5. The van der Waals surface area contributed by atoms with Crippen LogP contribution in [0.1, 0.15) is 30.8 Å². The van der Waals surface area contributed by atoms with Crippen LogP contribution in [0.3, 0.4) is 0 Å². The van der Waals surface area contributed by atoms with Crippen molar-refractivity contribution in [2.45, 2.75) is 30.7 Å². The molecule has 6 rings (SSSR count). The number of anilines is 2. The number of nitrogens with zero attached hydrogens (tertiary/aromatic N) is 4. The van der Waals surface area contributed by atoms with Crippen molar-refractivity contribution in [1.29, 1.82) is 0 Å². The summed E-state index contributed by atoms with van der Waals surface area (Å²) in [6.07, 6.45) is 3.50. The SMILES string of the molecule is CC(C)(c1cccc(-c2ccccc2[S-])n1)c1cccc(N(Cc2[c-]cccc2)c2[c-]cccc2)n1.[Ir+3].c1ccncc1. The summed E-state index contributed by atoms with van der Waals surface area (Å²) in [6, 6.07) is 48.6. The maximum absolute atomic E-state index is 5.55. The summed E-state index contributed by atoms with van der Waals surface area (Å²) in [6.45, 7) is 4.96. The van der Waals surface area contributed by atoms with E-state index in [-0.39, 0.29) is 20.1 Å². The van der Waals surface area contributed by atoms with Crippen LogP contribution in [0.15, 0.2) is 145 Å². The quantitative estimate of drug-likeness (QED) is 0.121. The second-order valence-corrected chi connectivity index (χ2v) is 10.6. The van der Waals surface area contributed by atoms with E-state index >= 15 is 0 Å². The van der Waals surface area contributed by atoms with E-state index in [9.17, 15) is 0 Å². The fourth-order valence-corrected chi connectivity index (χ4v) is 4.77. The topological polar surface area (TPSA) is 41.9 Å². The number of para-hydroxylation sites is 1. The molecular weight excluding hydrogens is 725 g/mol. The summed E-state index contributed by atoms with van der Waals surface area (Å²) < 4.78 is 0. The third kappa shape index (κ3) is 8.20. The Hall–Kier alpha value is -4.22. The predicted molar refractivity (Wildman–Crippen MR) is 172 cm³/mol. The molecule has 0 spiro atoms. The van der Waals surface area contributed by atoms with Gasteiger partial charge in [0.05, 0.1) is 17.1 Å². The van der Waals surface area contributed by atoms with Gasteiger partial charge in [0.1, 0.15) is 5.82 Å². The van der Waals surface area contributed by atoms with Crippen molar-refractivity contribution in [2.75, 3.05) is 4.90 Å². The minimum atomic E-state index is -0.423. The fraction of sp³-hybridized carbons (Fsp3) is 0.108. The standard InChI is InChI=1S/C32H27N3S.C5H5N.Ir/c1-32(2,29-20-11-18-27(33-29)26-17-9-10-19-28(26)36)30-21-12-22-31(34-30)35(25-15-7-4-8-16-25)23-24-13-5-3-6-14-24;1-2-4-6-5-3-1;/h3-13,15,17-22,36H,23H2,1-2H3;1-5H;/q-2;;+3/p-1. The second-order valence-electron chi connectivity index (χ2n) is 10.2. The van der Waals surface area contributed by atoms with E-state index in [0.29, 0.717) is 6.54 Å². The second kappa shape index (κ2) is 15.3. The molecule has 0 aliphatic heterocycles. The van der Waals surface area contributed by atoms with Crippen molar-refractivity contribution < 1.29 is 20.1 Å². The van der Waals surface area contributed by atoms with Crippen LogP contribution < -0.4 is 4.90 Å². The smallest absolute Gasteiger partial charge is 0.779 e. The Morgan fingerprint density at radius 1 is 0.674 bits per heavy atom. The summed E-state index contributed by atoms with van der Waals surface area (Å²) in [4.78, 5) is 16.9. The van der Waals surface area contributed by atoms with E-state index in [0.717, 1.165) is 44.6 Å². The molecule has 0 radical (unpaired) electrons. The van der Waals surface area contributed by atoms with Crippen LogP contribution >= 0.6 is 0 Å². The molecule has 6 heteroatoms. The van der Waals surface area contributed by atoms with E-state index in [4.69, 9.17) is 22.6 Å². The summed E-state index contributed by atoms with van der Waals surface area (Å²) in [5, 5.41) is 0. The van der Waals surface area contributed by atoms with Crippen LogP contribution in [0.5, 0.6) is 0 Å². The third-order valence-corrected chi connectivity index (χ3v) is 7.21. The molecule has 214 valence electrons. The number of rotatable bonds is 7. The molecule has 0 bridgehead atoms. The van der Waals surface area contributed by atoms with E-state index in [1.165, 1.54) is 0 Å². The van der Waals surface area contributed by atoms with Gasteiger partial charge >= 0.3 is 20.1 Å². The number of pyridine rings is 3. The van der Waals surface area contributed by atoms with Gasteiger partial charge in [-0.2, -0.15) is 59.5 Å². The molecule has 3 heterocycles. The largest absolute Gasteiger partial charge is 3.00 e. The van der Waals surface area contributed by atoms with Crippen LogP contribution in [0.25, 0.3) is 11.3 Å². The molecule has 0 N–H and O–H groups in total. The molecule has 6 aromatic rings. The van der Waals surface area contributed by atoms with Crippen molar-refractivity contribution in [1.82, 2.24) is 15.0 Å². The number of aromatic nitrogens is 3. The molecule has 0 saturated heterocycles. The Balaban J connectivity index is 0.000000541. The molecule has 0 unspecified atom stereocenters. The molecular formula is C37H31IrN4S. The van der Waals surface area contributed by atoms with Crippen LogP contribution in [0, 0.1) is 12.1 Å². The van der Waals surface area contributed by atoms with Crippen molar-refractivity contribution >= 4 is 24.1 Å². The molecule has 0 aliphatic rings. The van der Waals surface area contributed by atoms with Gasteiger partial charge in [0, 0.05) is 24.4 Å². The molecule has 0 amide bonds. The predicted octanol–water partition coefficient (Wildman–Crippen LogP) is 8.39. The number of hydrogen-bond donors (Lipinski definition) is 0. The molecule has 0 atom stereocenters. The van der Waals surface area contributed by atoms with Crippen LogP contribution in [-0.4, -0.2) is 15.0 Å². The van der Waals surface area contributed by atoms with Gasteiger partial charge in [-0.15, -0.1) is 11.6 Å². The monoisotopic (exact) mass is 756 g/mol. The Bertz CT molecular complexity index is 1670. The van der Waals surface area contributed by atoms with Crippen LogP contribution in [0.4, 0.5) is 11.5 Å². The Morgan fingerprint density at radius 2 is 1.35 bits per heavy atom. The van der Waals surface area contributed by atoms with Gasteiger partial charge in [-0.25, -0.2) is 4.98 Å². The molecule has 3 aromatic carbocycles. The molecule has 0 aliphatic carbocycles. The Kier molecular flexibility index (Phi) is 11.3. The maximum atomic E-state index is 5.55. The van der Waals surface area contributed by atoms with Crippen molar-refractivity contribution in [3.05, 3.63) is 169 Å². The fourth-order valence-electron chi connectivity index (χ4n) is 4.52. The molecule has 0 fully saturated rings. The van der Waals surface area contributed by atoms with Crippen molar-refractivity contribution in [3.63, 3.8) is 0 Å². The minimum Gasteiger partial charge on any atom is -0.779 e. The first-order valence-electron chi connectivity index (χ1n) is 13.8. The van der Waals surface area contributed by atoms with Crippen LogP contribution in [-0.2, 0) is 44.7 Å². The average molecular weight is 756 g/mol. The summed E-state index contributed by atoms with van der Waals surface area (Å²) in [5.74, 6) is 0.854. The first kappa shape index (κ1) is 31.7. The Morgan fingerprint density at radius 3 is 1.98 bits per heavy atom. The van der Waals surface area contributed by atoms with Gasteiger partial charge in [-0.1, -0.05) is 48.2 Å². The normalized spacial score (nSPS) is 10.6. The van der Waals surface area contributed by atoms with Crippen LogP contribution in [0.2, 0.25) is 0 Å². The summed E-state index contributed by atoms with van der Waals surface area (Å²) in [7, 11) is 0. The van der Waals surface area contributed by atoms with E-state index in [2.05, 4.69) is 66.2 Å². The van der Waals surface area contributed by atoms with Gasteiger partial charge in [0.25, 0.3) is 0 Å². The molecule has 4 nitrogen and oxygen atoms in total. The minimum absolute atomic E-state index is 0. The maximum Gasteiger partial charge on any atom is 3.00 e. The first-order chi connectivity index (χ1) is 20.5. The van der Waals surface area contributed by atoms with E-state index in [1.807, 2.05) is 97.1 Å². The number of benzene rings is 3. The van der Waals surface area contributed by atoms with Gasteiger partial charge in [0.2, 0.25) is 0 Å². The molecule has 3 aromatic heterocycles. The molecule has 43 heavy (non-hydrogen) atoms. The average Bonchev–Trinajstić information content (AvgIpc) is 3.06. The Labute approximate surface area is 273 Å². The first-order valence-corrected chi connectivity index (χ1v) is 14.2.